The lowest BCUT2D eigenvalue weighted by Crippen LogP contribution is -2.45. The minimum absolute atomic E-state index is 0.0447. The standard InChI is InChI=1S/C25H26ClFN6.C24H20ClF2N5O.C24H22ClN5O.C22H21ClN4O/c1-17-7-6-10-19(22(17)27)24-20-21(26)23(18-8-4-3-5-9-18)28-29-25(20)33(30-24)16-15-32-13-11-31(2)12-14-32;1-14-6-5-9-17(21(14)27)23-19-20(25)22(15-7-3-2-4-8-15)28-29-24(19)32(30-23)13-18(33)31-11-10-16(26)12-31;1-16-9-5-6-12-18(16)23-20-21(25)22(17-10-3-2-4-11-17)26-27-24(20)30(28-23)15-19(31)29-13-7-8-14-29;1-15(2)28-14-13-27-22-18(20(26-27)16-9-5-3-6-10-16)19(23)21(24-25-22)17-11-7-4-8-12-17/h3-10H,11-16H2,1-2H3;2-9,16H,10-13H2,1H3;2-6,9-12H,7-8,13-15H2,1H3;3-12,15H,13-14H2,1-2H3/t;16-;;/m.1../s1. The van der Waals surface area contributed by atoms with Gasteiger partial charge in [-0.05, 0) is 89.8 Å². The Morgan fingerprint density at radius 3 is 1.14 bits per heavy atom. The fraction of sp³-hybridized carbons (Fsp3) is 0.263. The number of amides is 2. The highest BCUT2D eigenvalue weighted by Crippen LogP contribution is 2.44. The second-order valence-corrected chi connectivity index (χ2v) is 32.8. The van der Waals surface area contributed by atoms with Crippen LogP contribution in [-0.4, -0.2) is 196 Å². The van der Waals surface area contributed by atoms with Gasteiger partial charge in [0, 0.05) is 96.9 Å². The molecule has 2 amide bonds. The van der Waals surface area contributed by atoms with Gasteiger partial charge in [-0.3, -0.25) is 14.5 Å². The molecule has 8 aromatic heterocycles. The highest BCUT2D eigenvalue weighted by molar-refractivity contribution is 6.40. The number of likely N-dealkylation sites (N-methyl/N-ethyl adjacent to an activating group) is 1. The highest BCUT2D eigenvalue weighted by atomic mass is 35.5. The number of carbonyl (C=O) groups is 2. The second-order valence-electron chi connectivity index (χ2n) is 31.3. The predicted molar refractivity (Wildman–Crippen MR) is 486 cm³/mol. The molecule has 16 aromatic rings. The largest absolute Gasteiger partial charge is 0.377 e. The van der Waals surface area contributed by atoms with Crippen LogP contribution in [0.3, 0.4) is 0 Å². The maximum atomic E-state index is 15.2. The van der Waals surface area contributed by atoms with Gasteiger partial charge >= 0.3 is 0 Å². The molecule has 19 rings (SSSR count). The number of piperazine rings is 1. The van der Waals surface area contributed by atoms with Crippen LogP contribution in [0, 0.1) is 32.4 Å². The van der Waals surface area contributed by atoms with Gasteiger partial charge in [-0.15, -0.1) is 40.8 Å². The lowest BCUT2D eigenvalue weighted by atomic mass is 10.0. The fourth-order valence-electron chi connectivity index (χ4n) is 15.6. The first kappa shape index (κ1) is 86.3. The summed E-state index contributed by atoms with van der Waals surface area (Å²) in [5.41, 5.74) is 14.8. The average molecular weight is 1760 g/mol. The van der Waals surface area contributed by atoms with E-state index in [1.54, 1.807) is 48.9 Å². The third-order valence-electron chi connectivity index (χ3n) is 22.4. The summed E-state index contributed by atoms with van der Waals surface area (Å²) in [4.78, 5) is 33.7. The molecule has 1 atom stereocenters. The number of ether oxygens (including phenoxy) is 1. The van der Waals surface area contributed by atoms with Crippen molar-refractivity contribution in [1.29, 1.82) is 0 Å². The van der Waals surface area contributed by atoms with Crippen molar-refractivity contribution in [2.24, 2.45) is 0 Å². The minimum Gasteiger partial charge on any atom is -0.377 e. The molecule has 3 aliphatic heterocycles. The van der Waals surface area contributed by atoms with Gasteiger partial charge < -0.3 is 19.4 Å². The van der Waals surface area contributed by atoms with Crippen LogP contribution in [0.15, 0.2) is 212 Å². The third-order valence-corrected chi connectivity index (χ3v) is 23.9. The van der Waals surface area contributed by atoms with Crippen LogP contribution in [-0.2, 0) is 40.5 Å². The maximum absolute atomic E-state index is 15.2. The normalized spacial score (nSPS) is 14.3. The number of nitrogens with zero attached hydrogens (tertiary/aromatic N) is 20. The van der Waals surface area contributed by atoms with Gasteiger partial charge in [0.2, 0.25) is 11.8 Å². The zero-order chi connectivity index (χ0) is 86.9. The Bertz CT molecular complexity index is 6550. The number of alkyl halides is 1. The van der Waals surface area contributed by atoms with Crippen molar-refractivity contribution < 1.29 is 27.5 Å². The summed E-state index contributed by atoms with van der Waals surface area (Å²) >= 11 is 27.5. The molecule has 11 heterocycles. The quantitative estimate of drug-likeness (QED) is 0.0732. The van der Waals surface area contributed by atoms with Crippen LogP contribution in [0.4, 0.5) is 13.2 Å². The van der Waals surface area contributed by atoms with Gasteiger partial charge in [-0.2, -0.15) is 20.4 Å². The van der Waals surface area contributed by atoms with E-state index in [0.29, 0.717) is 121 Å². The first-order valence-electron chi connectivity index (χ1n) is 41.5. The van der Waals surface area contributed by atoms with Crippen LogP contribution in [0.5, 0.6) is 0 Å². The van der Waals surface area contributed by atoms with Gasteiger partial charge in [0.15, 0.2) is 22.6 Å². The first-order chi connectivity index (χ1) is 60.7. The Hall–Kier alpha value is -12.3. The first-order valence-corrected chi connectivity index (χ1v) is 43.0. The molecule has 0 radical (unpaired) electrons. The van der Waals surface area contributed by atoms with E-state index in [4.69, 9.17) is 66.4 Å². The minimum atomic E-state index is -1.03. The molecule has 0 N–H and O–H groups in total. The zero-order valence-electron chi connectivity index (χ0n) is 69.7. The summed E-state index contributed by atoms with van der Waals surface area (Å²) in [6.07, 6.45) is 1.55. The van der Waals surface area contributed by atoms with E-state index in [0.717, 1.165) is 120 Å². The molecule has 3 aliphatic rings. The van der Waals surface area contributed by atoms with E-state index in [-0.39, 0.29) is 65.3 Å². The molecule has 8 aromatic carbocycles. The molecule has 23 nitrogen and oxygen atoms in total. The Labute approximate surface area is 740 Å². The van der Waals surface area contributed by atoms with Crippen molar-refractivity contribution in [2.75, 3.05) is 72.6 Å². The van der Waals surface area contributed by atoms with Crippen molar-refractivity contribution in [1.82, 2.24) is 99.5 Å². The van der Waals surface area contributed by atoms with Crippen molar-refractivity contribution >= 4 is 102 Å². The Balaban J connectivity index is 0.000000123. The van der Waals surface area contributed by atoms with Crippen molar-refractivity contribution in [2.45, 2.75) is 92.3 Å². The number of fused-ring (bicyclic) bond motifs is 4. The number of benzene rings is 8. The molecule has 0 saturated carbocycles. The maximum Gasteiger partial charge on any atom is 0.244 e. The number of aromatic nitrogens is 16. The van der Waals surface area contributed by atoms with Crippen LogP contribution in [0.2, 0.25) is 20.1 Å². The molecule has 0 bridgehead atoms. The lowest BCUT2D eigenvalue weighted by molar-refractivity contribution is -0.131. The molecule has 0 aliphatic carbocycles. The van der Waals surface area contributed by atoms with E-state index >= 15 is 8.78 Å². The molecule has 3 saturated heterocycles. The van der Waals surface area contributed by atoms with Crippen LogP contribution in [0.25, 0.3) is 134 Å². The number of hydrogen-bond acceptors (Lipinski definition) is 17. The van der Waals surface area contributed by atoms with Gasteiger partial charge in [-0.25, -0.2) is 31.9 Å². The molecule has 125 heavy (non-hydrogen) atoms. The van der Waals surface area contributed by atoms with Crippen molar-refractivity contribution in [3.05, 3.63) is 261 Å². The molecule has 30 heteroatoms. The van der Waals surface area contributed by atoms with E-state index in [9.17, 15) is 14.0 Å². The molecular formula is C95H89Cl4F3N20O3. The summed E-state index contributed by atoms with van der Waals surface area (Å²) in [5.74, 6) is -0.967. The van der Waals surface area contributed by atoms with Crippen LogP contribution >= 0.6 is 46.4 Å². The zero-order valence-corrected chi connectivity index (χ0v) is 72.7. The summed E-state index contributed by atoms with van der Waals surface area (Å²) in [5, 5.41) is 58.6. The average Bonchev–Trinajstić information content (AvgIpc) is 1.64. The topological polar surface area (TPSA) is 231 Å². The Morgan fingerprint density at radius 1 is 0.384 bits per heavy atom. The van der Waals surface area contributed by atoms with E-state index in [1.165, 1.54) is 9.58 Å². The molecule has 0 unspecified atom stereocenters. The summed E-state index contributed by atoms with van der Waals surface area (Å²) < 4.78 is 56.2. The smallest absolute Gasteiger partial charge is 0.244 e. The fourth-order valence-corrected chi connectivity index (χ4v) is 16.9. The number of likely N-dealkylation sites (tertiary alicyclic amines) is 2. The predicted octanol–water partition coefficient (Wildman–Crippen LogP) is 19.3. The monoisotopic (exact) mass is 1750 g/mol. The highest BCUT2D eigenvalue weighted by Gasteiger charge is 2.32. The molecule has 3 fully saturated rings. The van der Waals surface area contributed by atoms with Gasteiger partial charge in [-0.1, -0.05) is 247 Å². The van der Waals surface area contributed by atoms with E-state index in [2.05, 4.69) is 62.7 Å². The van der Waals surface area contributed by atoms with E-state index in [1.807, 2.05) is 217 Å². The number of halogens is 7. The van der Waals surface area contributed by atoms with Crippen LogP contribution < -0.4 is 0 Å². The summed E-state index contributed by atoms with van der Waals surface area (Å²) in [6, 6.07) is 66.9. The summed E-state index contributed by atoms with van der Waals surface area (Å²) in [7, 11) is 2.14. The van der Waals surface area contributed by atoms with E-state index < -0.39 is 12.0 Å². The molecule has 0 spiro atoms. The van der Waals surface area contributed by atoms with Gasteiger partial charge in [0.25, 0.3) is 0 Å². The second kappa shape index (κ2) is 38.9. The van der Waals surface area contributed by atoms with Gasteiger partial charge in [0.1, 0.15) is 76.4 Å². The lowest BCUT2D eigenvalue weighted by Gasteiger charge is -2.32. The van der Waals surface area contributed by atoms with Crippen molar-refractivity contribution in [3.8, 4) is 90.1 Å². The Kier molecular flexibility index (Phi) is 26.8. The SMILES string of the molecule is CC(C)OCCn1nc(-c2ccccc2)c2c(Cl)c(-c3ccccc3)nnc21.Cc1cccc(-c2nn(CC(=O)N3CC[C@@H](F)C3)c3nnc(-c4ccccc4)c(Cl)c23)c1F.Cc1cccc(-c2nn(CCN3CCN(C)CC3)c3nnc(-c4ccccc4)c(Cl)c23)c1F.Cc1ccccc1-c1nn(CC(=O)N2CCCC2)c2nnc(-c3ccccc3)c(Cl)c12. The molecule has 636 valence electrons. The number of hydrogen-bond donors (Lipinski definition) is 0. The number of rotatable bonds is 19. The van der Waals surface area contributed by atoms with Crippen molar-refractivity contribution in [3.63, 3.8) is 0 Å². The number of aryl methyl sites for hydroxylation is 3. The Morgan fingerprint density at radius 2 is 0.728 bits per heavy atom. The third kappa shape index (κ3) is 18.8. The van der Waals surface area contributed by atoms with Gasteiger partial charge in [0.05, 0.1) is 74.0 Å². The van der Waals surface area contributed by atoms with Crippen LogP contribution in [0.1, 0.15) is 49.8 Å². The summed E-state index contributed by atoms with van der Waals surface area (Å²) in [6.45, 7) is 18.1. The molecular weight excluding hydrogens is 1670 g/mol. The number of carbonyl (C=O) groups excluding carboxylic acids is 2.